The average molecular weight is 304 g/mol. The van der Waals surface area contributed by atoms with E-state index in [0.29, 0.717) is 10.6 Å². The maximum atomic E-state index is 12.5. The molecule has 21 heavy (non-hydrogen) atoms. The number of rotatable bonds is 4. The molecule has 0 aromatic heterocycles. The van der Waals surface area contributed by atoms with Crippen LogP contribution in [0.2, 0.25) is 5.02 Å². The Kier molecular flexibility index (Phi) is 4.99. The van der Waals surface area contributed by atoms with Crippen molar-refractivity contribution in [3.8, 4) is 0 Å². The summed E-state index contributed by atoms with van der Waals surface area (Å²) in [5, 5.41) is 10.8. The third-order valence-corrected chi connectivity index (χ3v) is 3.96. The van der Waals surface area contributed by atoms with Crippen LogP contribution in [0.15, 0.2) is 54.6 Å². The van der Waals surface area contributed by atoms with Crippen LogP contribution in [-0.4, -0.2) is 29.0 Å². The zero-order valence-corrected chi connectivity index (χ0v) is 12.8. The number of nitrogens with zero attached hydrogens (tertiary/aromatic N) is 1. The lowest BCUT2D eigenvalue weighted by Crippen LogP contribution is -2.39. The van der Waals surface area contributed by atoms with E-state index in [1.165, 1.54) is 4.90 Å². The molecular weight excluding hydrogens is 286 g/mol. The minimum atomic E-state index is -0.748. The summed E-state index contributed by atoms with van der Waals surface area (Å²) in [4.78, 5) is 14.0. The van der Waals surface area contributed by atoms with E-state index in [9.17, 15) is 9.90 Å². The van der Waals surface area contributed by atoms with Gasteiger partial charge in [0.05, 0.1) is 22.7 Å². The maximum Gasteiger partial charge on any atom is 0.255 e. The van der Waals surface area contributed by atoms with Gasteiger partial charge in [0.1, 0.15) is 0 Å². The Bertz CT molecular complexity index is 615. The molecular formula is C17H18ClNO2. The van der Waals surface area contributed by atoms with Crippen molar-refractivity contribution >= 4 is 17.5 Å². The van der Waals surface area contributed by atoms with Crippen molar-refractivity contribution in [1.29, 1.82) is 0 Å². The Morgan fingerprint density at radius 1 is 1.10 bits per heavy atom. The summed E-state index contributed by atoms with van der Waals surface area (Å²) in [5.74, 6) is -0.205. The summed E-state index contributed by atoms with van der Waals surface area (Å²) < 4.78 is 0. The molecule has 0 aliphatic carbocycles. The van der Waals surface area contributed by atoms with Gasteiger partial charge >= 0.3 is 0 Å². The van der Waals surface area contributed by atoms with Crippen molar-refractivity contribution in [1.82, 2.24) is 4.90 Å². The molecule has 0 aliphatic heterocycles. The summed E-state index contributed by atoms with van der Waals surface area (Å²) >= 11 is 6.05. The van der Waals surface area contributed by atoms with Gasteiger partial charge in [0.2, 0.25) is 0 Å². The number of halogens is 1. The zero-order valence-electron chi connectivity index (χ0n) is 12.0. The number of amides is 1. The molecule has 110 valence electrons. The summed E-state index contributed by atoms with van der Waals surface area (Å²) in [6.45, 7) is 1.81. The number of hydrogen-bond donors (Lipinski definition) is 1. The summed E-state index contributed by atoms with van der Waals surface area (Å²) in [6.07, 6.45) is -0.748. The largest absolute Gasteiger partial charge is 0.386 e. The van der Waals surface area contributed by atoms with Crippen LogP contribution in [0.5, 0.6) is 0 Å². The van der Waals surface area contributed by atoms with Crippen LogP contribution in [0.3, 0.4) is 0 Å². The molecule has 0 spiro atoms. The molecule has 2 rings (SSSR count). The Labute approximate surface area is 129 Å². The lowest BCUT2D eigenvalue weighted by Gasteiger charge is -2.29. The topological polar surface area (TPSA) is 40.5 Å². The number of hydrogen-bond acceptors (Lipinski definition) is 2. The second-order valence-corrected chi connectivity index (χ2v) is 5.40. The lowest BCUT2D eigenvalue weighted by molar-refractivity contribution is 0.0487. The van der Waals surface area contributed by atoms with Gasteiger partial charge in [0, 0.05) is 7.05 Å². The minimum Gasteiger partial charge on any atom is -0.386 e. The highest BCUT2D eigenvalue weighted by molar-refractivity contribution is 6.33. The zero-order chi connectivity index (χ0) is 15.4. The monoisotopic (exact) mass is 303 g/mol. The van der Waals surface area contributed by atoms with Crippen LogP contribution in [0, 0.1) is 0 Å². The highest BCUT2D eigenvalue weighted by Gasteiger charge is 2.25. The molecule has 0 radical (unpaired) electrons. The fourth-order valence-corrected chi connectivity index (χ4v) is 2.37. The predicted octanol–water partition coefficient (Wildman–Crippen LogP) is 3.53. The van der Waals surface area contributed by atoms with Gasteiger partial charge in [0.25, 0.3) is 5.91 Å². The molecule has 0 bridgehead atoms. The number of aliphatic hydroxyl groups is 1. The first-order valence-corrected chi connectivity index (χ1v) is 7.15. The van der Waals surface area contributed by atoms with Gasteiger partial charge in [-0.15, -0.1) is 0 Å². The van der Waals surface area contributed by atoms with Crippen LogP contribution < -0.4 is 0 Å². The molecule has 1 amide bonds. The van der Waals surface area contributed by atoms with Crippen LogP contribution in [0.25, 0.3) is 0 Å². The van der Waals surface area contributed by atoms with Gasteiger partial charge in [-0.05, 0) is 24.6 Å². The van der Waals surface area contributed by atoms with Crippen molar-refractivity contribution in [2.45, 2.75) is 19.1 Å². The Morgan fingerprint density at radius 2 is 1.67 bits per heavy atom. The first-order valence-electron chi connectivity index (χ1n) is 6.77. The van der Waals surface area contributed by atoms with Crippen LogP contribution >= 0.6 is 11.6 Å². The van der Waals surface area contributed by atoms with Crippen molar-refractivity contribution in [3.05, 3.63) is 70.7 Å². The van der Waals surface area contributed by atoms with Crippen LogP contribution in [0.1, 0.15) is 28.9 Å². The third-order valence-electron chi connectivity index (χ3n) is 3.63. The van der Waals surface area contributed by atoms with E-state index in [4.69, 9.17) is 11.6 Å². The quantitative estimate of drug-likeness (QED) is 0.938. The van der Waals surface area contributed by atoms with Crippen LogP contribution in [0.4, 0.5) is 0 Å². The summed E-state index contributed by atoms with van der Waals surface area (Å²) in [5.41, 5.74) is 1.22. The average Bonchev–Trinajstić information content (AvgIpc) is 2.53. The Morgan fingerprint density at radius 3 is 2.29 bits per heavy atom. The first-order chi connectivity index (χ1) is 10.0. The van der Waals surface area contributed by atoms with Gasteiger partial charge in [-0.25, -0.2) is 0 Å². The van der Waals surface area contributed by atoms with E-state index in [2.05, 4.69) is 0 Å². The highest BCUT2D eigenvalue weighted by Crippen LogP contribution is 2.23. The number of carbonyl (C=O) groups excluding carboxylic acids is 1. The molecule has 0 heterocycles. The van der Waals surface area contributed by atoms with Crippen molar-refractivity contribution in [2.24, 2.45) is 0 Å². The van der Waals surface area contributed by atoms with E-state index < -0.39 is 6.10 Å². The number of carbonyl (C=O) groups is 1. The highest BCUT2D eigenvalue weighted by atomic mass is 35.5. The minimum absolute atomic E-state index is 0.205. The van der Waals surface area contributed by atoms with E-state index in [-0.39, 0.29) is 11.9 Å². The number of likely N-dealkylation sites (N-methyl/N-ethyl adjacent to an activating group) is 1. The summed E-state index contributed by atoms with van der Waals surface area (Å²) in [6, 6.07) is 15.8. The van der Waals surface area contributed by atoms with E-state index >= 15 is 0 Å². The lowest BCUT2D eigenvalue weighted by atomic mass is 10.0. The predicted molar refractivity (Wildman–Crippen MR) is 84.4 cm³/mol. The molecule has 4 heteroatoms. The molecule has 3 nitrogen and oxygen atoms in total. The van der Waals surface area contributed by atoms with Crippen molar-refractivity contribution in [3.63, 3.8) is 0 Å². The molecule has 1 N–H and O–H groups in total. The molecule has 2 aromatic rings. The number of aliphatic hydroxyl groups excluding tert-OH is 1. The van der Waals surface area contributed by atoms with Gasteiger partial charge < -0.3 is 10.0 Å². The second kappa shape index (κ2) is 6.74. The standard InChI is InChI=1S/C17H18ClNO2/c1-12(16(20)13-8-4-3-5-9-13)19(2)17(21)14-10-6-7-11-15(14)18/h3-12,16,20H,1-2H3. The maximum absolute atomic E-state index is 12.5. The van der Waals surface area contributed by atoms with Gasteiger partial charge in [0.15, 0.2) is 0 Å². The first kappa shape index (κ1) is 15.5. The third kappa shape index (κ3) is 3.43. The van der Waals surface area contributed by atoms with Gasteiger partial charge in [-0.2, -0.15) is 0 Å². The van der Waals surface area contributed by atoms with E-state index in [0.717, 1.165) is 5.56 Å². The SMILES string of the molecule is CC(C(O)c1ccccc1)N(C)C(=O)c1ccccc1Cl. The fraction of sp³-hybridized carbons (Fsp3) is 0.235. The normalized spacial score (nSPS) is 13.5. The molecule has 2 unspecified atom stereocenters. The van der Waals surface area contributed by atoms with Crippen molar-refractivity contribution < 1.29 is 9.90 Å². The van der Waals surface area contributed by atoms with Gasteiger partial charge in [-0.3, -0.25) is 4.79 Å². The molecule has 0 aliphatic rings. The Hall–Kier alpha value is -1.84. The summed E-state index contributed by atoms with van der Waals surface area (Å²) in [7, 11) is 1.67. The molecule has 0 saturated carbocycles. The van der Waals surface area contributed by atoms with Gasteiger partial charge in [-0.1, -0.05) is 54.1 Å². The van der Waals surface area contributed by atoms with Crippen LogP contribution in [-0.2, 0) is 0 Å². The number of benzene rings is 2. The second-order valence-electron chi connectivity index (χ2n) is 4.99. The molecule has 0 saturated heterocycles. The smallest absolute Gasteiger partial charge is 0.255 e. The molecule has 2 atom stereocenters. The van der Waals surface area contributed by atoms with E-state index in [1.807, 2.05) is 37.3 Å². The Balaban J connectivity index is 2.18. The molecule has 2 aromatic carbocycles. The molecule has 0 fully saturated rings. The fourth-order valence-electron chi connectivity index (χ4n) is 2.15. The van der Waals surface area contributed by atoms with Crippen molar-refractivity contribution in [2.75, 3.05) is 7.05 Å². The van der Waals surface area contributed by atoms with E-state index in [1.54, 1.807) is 31.3 Å².